The molecule has 0 spiro atoms. The minimum Gasteiger partial charge on any atom is -0.465 e. The Labute approximate surface area is 161 Å². The number of esters is 2. The molecule has 1 aromatic heterocycles. The third-order valence-corrected chi connectivity index (χ3v) is 4.71. The molecule has 0 saturated heterocycles. The van der Waals surface area contributed by atoms with Crippen molar-refractivity contribution < 1.29 is 19.1 Å². The van der Waals surface area contributed by atoms with Crippen LogP contribution in [-0.4, -0.2) is 31.1 Å². The molecular weight excluding hydrogens is 354 g/mol. The highest BCUT2D eigenvalue weighted by Gasteiger charge is 2.20. The second kappa shape index (κ2) is 7.12. The summed E-state index contributed by atoms with van der Waals surface area (Å²) in [6, 6.07) is 21.1. The zero-order chi connectivity index (χ0) is 19.7. The van der Waals surface area contributed by atoms with Crippen LogP contribution in [0, 0.1) is 0 Å². The summed E-state index contributed by atoms with van der Waals surface area (Å²) in [4.78, 5) is 29.0. The van der Waals surface area contributed by atoms with Crippen LogP contribution in [-0.2, 0) is 9.47 Å². The van der Waals surface area contributed by atoms with Crippen molar-refractivity contribution in [1.29, 1.82) is 0 Å². The molecule has 4 aromatic rings. The second-order valence-corrected chi connectivity index (χ2v) is 6.26. The van der Waals surface area contributed by atoms with Crippen molar-refractivity contribution in [2.75, 3.05) is 14.2 Å². The Morgan fingerprint density at radius 2 is 1.46 bits per heavy atom. The first-order valence-electron chi connectivity index (χ1n) is 8.72. The minimum absolute atomic E-state index is 0.0606. The van der Waals surface area contributed by atoms with Crippen molar-refractivity contribution in [2.45, 2.75) is 0 Å². The van der Waals surface area contributed by atoms with E-state index >= 15 is 0 Å². The quantitative estimate of drug-likeness (QED) is 0.491. The highest BCUT2D eigenvalue weighted by Crippen LogP contribution is 2.35. The van der Waals surface area contributed by atoms with Crippen LogP contribution >= 0.6 is 0 Å². The van der Waals surface area contributed by atoms with Gasteiger partial charge in [0.2, 0.25) is 0 Å². The summed E-state index contributed by atoms with van der Waals surface area (Å²) in [7, 11) is 2.59. The van der Waals surface area contributed by atoms with Crippen molar-refractivity contribution in [3.63, 3.8) is 0 Å². The lowest BCUT2D eigenvalue weighted by Gasteiger charge is -2.13. The number of ether oxygens (including phenoxy) is 2. The molecule has 5 heteroatoms. The van der Waals surface area contributed by atoms with Gasteiger partial charge in [0.25, 0.3) is 0 Å². The standard InChI is InChI=1S/C23H17NO4/c1-27-22(25)18-13-20(23(26)28-2)24-19-12-6-11-17(21(18)19)16-10-5-8-14-7-3-4-9-15(14)16/h3-13H,1-2H3. The smallest absolute Gasteiger partial charge is 0.356 e. The van der Waals surface area contributed by atoms with Gasteiger partial charge in [0, 0.05) is 5.39 Å². The van der Waals surface area contributed by atoms with Crippen molar-refractivity contribution >= 4 is 33.6 Å². The molecule has 0 aliphatic rings. The molecule has 0 atom stereocenters. The molecule has 0 radical (unpaired) electrons. The normalized spacial score (nSPS) is 10.8. The van der Waals surface area contributed by atoms with Crippen molar-refractivity contribution in [3.8, 4) is 11.1 Å². The van der Waals surface area contributed by atoms with E-state index in [0.29, 0.717) is 10.9 Å². The van der Waals surface area contributed by atoms with Crippen LogP contribution in [0.4, 0.5) is 0 Å². The van der Waals surface area contributed by atoms with Gasteiger partial charge in [-0.05, 0) is 34.0 Å². The van der Waals surface area contributed by atoms with E-state index in [9.17, 15) is 9.59 Å². The number of hydrogen-bond donors (Lipinski definition) is 0. The van der Waals surface area contributed by atoms with Gasteiger partial charge in [-0.25, -0.2) is 14.6 Å². The van der Waals surface area contributed by atoms with E-state index in [1.807, 2.05) is 54.6 Å². The number of pyridine rings is 1. The molecular formula is C23H17NO4. The topological polar surface area (TPSA) is 65.5 Å². The lowest BCUT2D eigenvalue weighted by atomic mass is 9.93. The number of fused-ring (bicyclic) bond motifs is 2. The third kappa shape index (κ3) is 2.87. The van der Waals surface area contributed by atoms with Crippen LogP contribution in [0.1, 0.15) is 20.8 Å². The number of hydrogen-bond acceptors (Lipinski definition) is 5. The van der Waals surface area contributed by atoms with Crippen LogP contribution in [0.25, 0.3) is 32.8 Å². The summed E-state index contributed by atoms with van der Waals surface area (Å²) >= 11 is 0. The Hall–Kier alpha value is -3.73. The Morgan fingerprint density at radius 1 is 0.786 bits per heavy atom. The molecule has 0 unspecified atom stereocenters. The molecule has 4 rings (SSSR count). The Kier molecular flexibility index (Phi) is 4.49. The average Bonchev–Trinajstić information content (AvgIpc) is 2.76. The van der Waals surface area contributed by atoms with Crippen LogP contribution in [0.3, 0.4) is 0 Å². The number of aromatic nitrogens is 1. The van der Waals surface area contributed by atoms with E-state index in [-0.39, 0.29) is 11.3 Å². The zero-order valence-electron chi connectivity index (χ0n) is 15.4. The van der Waals surface area contributed by atoms with Crippen LogP contribution in [0.2, 0.25) is 0 Å². The number of carbonyl (C=O) groups excluding carboxylic acids is 2. The molecule has 5 nitrogen and oxygen atoms in total. The van der Waals surface area contributed by atoms with E-state index in [2.05, 4.69) is 4.98 Å². The van der Waals surface area contributed by atoms with Crippen molar-refractivity contribution in [3.05, 3.63) is 78.0 Å². The van der Waals surface area contributed by atoms with E-state index in [0.717, 1.165) is 21.9 Å². The summed E-state index contributed by atoms with van der Waals surface area (Å²) < 4.78 is 9.74. The predicted octanol–water partition coefficient (Wildman–Crippen LogP) is 4.63. The van der Waals surface area contributed by atoms with Gasteiger partial charge >= 0.3 is 11.9 Å². The average molecular weight is 371 g/mol. The van der Waals surface area contributed by atoms with E-state index in [1.165, 1.54) is 20.3 Å². The Balaban J connectivity index is 2.10. The Bertz CT molecular complexity index is 1220. The fraction of sp³-hybridized carbons (Fsp3) is 0.0870. The maximum Gasteiger partial charge on any atom is 0.356 e. The Morgan fingerprint density at radius 3 is 2.25 bits per heavy atom. The van der Waals surface area contributed by atoms with Gasteiger partial charge in [0.1, 0.15) is 5.69 Å². The summed E-state index contributed by atoms with van der Waals surface area (Å²) in [5.74, 6) is -1.15. The molecule has 0 amide bonds. The molecule has 0 bridgehead atoms. The SMILES string of the molecule is COC(=O)c1cc(C(=O)OC)c2c(-c3cccc4ccccc34)cccc2n1. The number of rotatable bonds is 3. The summed E-state index contributed by atoms with van der Waals surface area (Å²) in [5.41, 5.74) is 2.68. The van der Waals surface area contributed by atoms with Crippen molar-refractivity contribution in [1.82, 2.24) is 4.98 Å². The minimum atomic E-state index is -0.609. The third-order valence-electron chi connectivity index (χ3n) is 4.71. The summed E-state index contributed by atoms with van der Waals surface area (Å²) in [6.07, 6.45) is 0. The summed E-state index contributed by atoms with van der Waals surface area (Å²) in [5, 5.41) is 2.79. The van der Waals surface area contributed by atoms with Gasteiger partial charge in [-0.1, -0.05) is 54.6 Å². The highest BCUT2D eigenvalue weighted by molar-refractivity contribution is 6.13. The lowest BCUT2D eigenvalue weighted by Crippen LogP contribution is -2.10. The molecule has 0 saturated carbocycles. The van der Waals surface area contributed by atoms with Crippen LogP contribution in [0.15, 0.2) is 66.7 Å². The fourth-order valence-corrected chi connectivity index (χ4v) is 3.45. The number of carbonyl (C=O) groups is 2. The molecule has 1 heterocycles. The summed E-state index contributed by atoms with van der Waals surface area (Å²) in [6.45, 7) is 0. The predicted molar refractivity (Wildman–Crippen MR) is 107 cm³/mol. The van der Waals surface area contributed by atoms with Crippen molar-refractivity contribution in [2.24, 2.45) is 0 Å². The first kappa shape index (κ1) is 17.7. The van der Waals surface area contributed by atoms with Gasteiger partial charge in [-0.15, -0.1) is 0 Å². The molecule has 3 aromatic carbocycles. The van der Waals surface area contributed by atoms with Crippen LogP contribution in [0.5, 0.6) is 0 Å². The largest absolute Gasteiger partial charge is 0.465 e. The van der Waals surface area contributed by atoms with Gasteiger partial charge in [-0.2, -0.15) is 0 Å². The molecule has 138 valence electrons. The number of benzene rings is 3. The monoisotopic (exact) mass is 371 g/mol. The first-order chi connectivity index (χ1) is 13.6. The number of methoxy groups -OCH3 is 2. The van der Waals surface area contributed by atoms with E-state index in [1.54, 1.807) is 6.07 Å². The van der Waals surface area contributed by atoms with E-state index < -0.39 is 11.9 Å². The molecule has 0 aliphatic carbocycles. The molecule has 0 aliphatic heterocycles. The number of nitrogens with zero attached hydrogens (tertiary/aromatic N) is 1. The molecule has 28 heavy (non-hydrogen) atoms. The van der Waals surface area contributed by atoms with Gasteiger partial charge in [-0.3, -0.25) is 0 Å². The van der Waals surface area contributed by atoms with E-state index in [4.69, 9.17) is 9.47 Å². The zero-order valence-corrected chi connectivity index (χ0v) is 15.4. The highest BCUT2D eigenvalue weighted by atomic mass is 16.5. The first-order valence-corrected chi connectivity index (χ1v) is 8.72. The van der Waals surface area contributed by atoms with Gasteiger partial charge in [0.15, 0.2) is 0 Å². The second-order valence-electron chi connectivity index (χ2n) is 6.26. The molecule has 0 N–H and O–H groups in total. The lowest BCUT2D eigenvalue weighted by molar-refractivity contribution is 0.0594. The maximum atomic E-state index is 12.5. The fourth-order valence-electron chi connectivity index (χ4n) is 3.45. The van der Waals surface area contributed by atoms with Crippen LogP contribution < -0.4 is 0 Å². The molecule has 0 fully saturated rings. The van der Waals surface area contributed by atoms with Gasteiger partial charge in [0.05, 0.1) is 25.3 Å². The maximum absolute atomic E-state index is 12.5. The van der Waals surface area contributed by atoms with Gasteiger partial charge < -0.3 is 9.47 Å².